The minimum absolute atomic E-state index is 0.880. The molecule has 4 rings (SSSR count). The second-order valence-electron chi connectivity index (χ2n) is 4.63. The molecule has 3 aliphatic rings. The first-order valence-corrected chi connectivity index (χ1v) is 5.22. The van der Waals surface area contributed by atoms with Crippen molar-refractivity contribution in [2.24, 2.45) is 11.8 Å². The fourth-order valence-electron chi connectivity index (χ4n) is 3.69. The first-order valence-electron chi connectivity index (χ1n) is 5.22. The summed E-state index contributed by atoms with van der Waals surface area (Å²) >= 11 is 0. The molecule has 0 N–H and O–H groups in total. The molecule has 0 radical (unpaired) electrons. The van der Waals surface area contributed by atoms with Crippen LogP contribution in [-0.2, 0) is 0 Å². The average molecular weight is 168 g/mol. The molecular formula is C13H12. The fraction of sp³-hybridized carbons (Fsp3) is 0.385. The summed E-state index contributed by atoms with van der Waals surface area (Å²) in [6.07, 6.45) is 6.31. The van der Waals surface area contributed by atoms with Crippen molar-refractivity contribution in [1.29, 1.82) is 0 Å². The molecule has 64 valence electrons. The van der Waals surface area contributed by atoms with Crippen LogP contribution in [0.5, 0.6) is 0 Å². The number of allylic oxidation sites excluding steroid dienone is 2. The van der Waals surface area contributed by atoms with E-state index in [1.807, 2.05) is 0 Å². The smallest absolute Gasteiger partial charge is 0.00214 e. The lowest BCUT2D eigenvalue weighted by atomic mass is 9.63. The summed E-state index contributed by atoms with van der Waals surface area (Å²) in [4.78, 5) is 0. The molecule has 4 unspecified atom stereocenters. The molecule has 0 spiro atoms. The third kappa shape index (κ3) is 0.580. The van der Waals surface area contributed by atoms with E-state index in [-0.39, 0.29) is 0 Å². The minimum atomic E-state index is 0.880. The molecule has 0 heteroatoms. The van der Waals surface area contributed by atoms with Gasteiger partial charge in [0.05, 0.1) is 0 Å². The molecule has 1 aromatic rings. The molecule has 0 saturated heterocycles. The molecule has 13 heavy (non-hydrogen) atoms. The van der Waals surface area contributed by atoms with Crippen molar-refractivity contribution in [1.82, 2.24) is 0 Å². The van der Waals surface area contributed by atoms with Crippen LogP contribution >= 0.6 is 0 Å². The van der Waals surface area contributed by atoms with Crippen molar-refractivity contribution >= 4 is 0 Å². The minimum Gasteiger partial charge on any atom is -0.0845 e. The Bertz CT molecular complexity index is 365. The molecular weight excluding hydrogens is 156 g/mol. The van der Waals surface area contributed by atoms with Gasteiger partial charge < -0.3 is 0 Å². The zero-order valence-corrected chi connectivity index (χ0v) is 7.48. The highest BCUT2D eigenvalue weighted by Crippen LogP contribution is 2.64. The Balaban J connectivity index is 1.93. The zero-order valence-electron chi connectivity index (χ0n) is 7.48. The number of fused-ring (bicyclic) bond motifs is 8. The number of hydrogen-bond donors (Lipinski definition) is 0. The summed E-state index contributed by atoms with van der Waals surface area (Å²) in [5.41, 5.74) is 3.29. The van der Waals surface area contributed by atoms with E-state index in [0.717, 1.165) is 23.7 Å². The third-order valence-corrected chi connectivity index (χ3v) is 4.17. The topological polar surface area (TPSA) is 0 Å². The van der Waals surface area contributed by atoms with Gasteiger partial charge in [-0.1, -0.05) is 36.4 Å². The molecule has 1 saturated carbocycles. The maximum atomic E-state index is 2.45. The molecule has 0 aliphatic heterocycles. The van der Waals surface area contributed by atoms with Crippen LogP contribution in [0.4, 0.5) is 0 Å². The second-order valence-corrected chi connectivity index (χ2v) is 4.63. The third-order valence-electron chi connectivity index (χ3n) is 4.17. The van der Waals surface area contributed by atoms with Gasteiger partial charge in [0.25, 0.3) is 0 Å². The van der Waals surface area contributed by atoms with Gasteiger partial charge in [0.1, 0.15) is 0 Å². The van der Waals surface area contributed by atoms with Crippen molar-refractivity contribution in [3.8, 4) is 0 Å². The molecule has 3 aliphatic carbocycles. The van der Waals surface area contributed by atoms with Crippen molar-refractivity contribution < 1.29 is 0 Å². The summed E-state index contributed by atoms with van der Waals surface area (Å²) in [7, 11) is 0. The van der Waals surface area contributed by atoms with Gasteiger partial charge >= 0.3 is 0 Å². The molecule has 1 aromatic carbocycles. The lowest BCUT2D eigenvalue weighted by Crippen LogP contribution is -2.27. The van der Waals surface area contributed by atoms with E-state index < -0.39 is 0 Å². The van der Waals surface area contributed by atoms with Crippen LogP contribution < -0.4 is 0 Å². The monoisotopic (exact) mass is 168 g/mol. The van der Waals surface area contributed by atoms with Crippen LogP contribution in [0.1, 0.15) is 29.4 Å². The van der Waals surface area contributed by atoms with Crippen LogP contribution in [0, 0.1) is 11.8 Å². The molecule has 0 aromatic heterocycles. The first kappa shape index (κ1) is 6.42. The lowest BCUT2D eigenvalue weighted by molar-refractivity contribution is 0.444. The van der Waals surface area contributed by atoms with E-state index >= 15 is 0 Å². The van der Waals surface area contributed by atoms with Crippen molar-refractivity contribution in [3.05, 3.63) is 47.5 Å². The van der Waals surface area contributed by atoms with Gasteiger partial charge in [0.2, 0.25) is 0 Å². The number of hydrogen-bond acceptors (Lipinski definition) is 0. The van der Waals surface area contributed by atoms with Crippen molar-refractivity contribution in [3.63, 3.8) is 0 Å². The highest BCUT2D eigenvalue weighted by molar-refractivity contribution is 5.51. The summed E-state index contributed by atoms with van der Waals surface area (Å²) in [5.74, 6) is 3.55. The predicted octanol–water partition coefficient (Wildman–Crippen LogP) is 3.07. The van der Waals surface area contributed by atoms with E-state index in [9.17, 15) is 0 Å². The fourth-order valence-corrected chi connectivity index (χ4v) is 3.69. The Morgan fingerprint density at radius 1 is 0.846 bits per heavy atom. The summed E-state index contributed by atoms with van der Waals surface area (Å²) in [6, 6.07) is 9.02. The highest BCUT2D eigenvalue weighted by atomic mass is 14.6. The molecule has 4 atom stereocenters. The van der Waals surface area contributed by atoms with E-state index in [1.54, 1.807) is 11.1 Å². The van der Waals surface area contributed by atoms with Crippen molar-refractivity contribution in [2.45, 2.75) is 18.3 Å². The summed E-state index contributed by atoms with van der Waals surface area (Å²) < 4.78 is 0. The molecule has 0 amide bonds. The van der Waals surface area contributed by atoms with Gasteiger partial charge in [-0.25, -0.2) is 0 Å². The molecule has 2 bridgehead atoms. The van der Waals surface area contributed by atoms with Gasteiger partial charge in [-0.15, -0.1) is 0 Å². The van der Waals surface area contributed by atoms with E-state index in [0.29, 0.717) is 0 Å². The zero-order chi connectivity index (χ0) is 8.41. The Morgan fingerprint density at radius 2 is 1.38 bits per heavy atom. The largest absolute Gasteiger partial charge is 0.0845 e. The van der Waals surface area contributed by atoms with Gasteiger partial charge in [0.15, 0.2) is 0 Å². The summed E-state index contributed by atoms with van der Waals surface area (Å²) in [5, 5.41) is 0. The standard InChI is InChI=1S/C13H12/c1-2-4-11-10(3-1)12-8-5-6-9(7-8)13(11)12/h1-6,8-9,12-13H,7H2. The molecule has 0 nitrogen and oxygen atoms in total. The van der Waals surface area contributed by atoms with E-state index in [4.69, 9.17) is 0 Å². The van der Waals surface area contributed by atoms with Crippen LogP contribution in [0.3, 0.4) is 0 Å². The normalized spacial score (nSPS) is 42.8. The van der Waals surface area contributed by atoms with Gasteiger partial charge in [-0.05, 0) is 41.2 Å². The Labute approximate surface area is 78.3 Å². The average Bonchev–Trinajstić information content (AvgIpc) is 2.68. The van der Waals surface area contributed by atoms with E-state index in [2.05, 4.69) is 36.4 Å². The Kier molecular flexibility index (Phi) is 0.935. The van der Waals surface area contributed by atoms with Crippen LogP contribution in [0.25, 0.3) is 0 Å². The predicted molar refractivity (Wildman–Crippen MR) is 52.7 cm³/mol. The van der Waals surface area contributed by atoms with Crippen LogP contribution in [-0.4, -0.2) is 0 Å². The first-order chi connectivity index (χ1) is 6.45. The van der Waals surface area contributed by atoms with Crippen LogP contribution in [0.15, 0.2) is 36.4 Å². The maximum Gasteiger partial charge on any atom is -0.00214 e. The Morgan fingerprint density at radius 3 is 1.92 bits per heavy atom. The second kappa shape index (κ2) is 1.89. The quantitative estimate of drug-likeness (QED) is 0.522. The Hall–Kier alpha value is -1.04. The van der Waals surface area contributed by atoms with E-state index in [1.165, 1.54) is 6.42 Å². The van der Waals surface area contributed by atoms with Crippen molar-refractivity contribution in [2.75, 3.05) is 0 Å². The number of rotatable bonds is 0. The highest BCUT2D eigenvalue weighted by Gasteiger charge is 2.52. The lowest BCUT2D eigenvalue weighted by Gasteiger charge is -2.40. The van der Waals surface area contributed by atoms with Gasteiger partial charge in [-0.2, -0.15) is 0 Å². The number of benzene rings is 1. The van der Waals surface area contributed by atoms with Gasteiger partial charge in [-0.3, -0.25) is 0 Å². The SMILES string of the molecule is C1=CC2CC1C1c3ccccc3C21. The summed E-state index contributed by atoms with van der Waals surface area (Å²) in [6.45, 7) is 0. The maximum absolute atomic E-state index is 2.45. The molecule has 0 heterocycles. The van der Waals surface area contributed by atoms with Crippen LogP contribution in [0.2, 0.25) is 0 Å². The molecule has 1 fully saturated rings. The van der Waals surface area contributed by atoms with Gasteiger partial charge in [0, 0.05) is 0 Å².